The molecule has 36 heavy (non-hydrogen) atoms. The molecule has 0 spiro atoms. The second-order valence-corrected chi connectivity index (χ2v) is 7.60. The standard InChI is InChI=1S/2C10H16N2O2.2C2H4O2/c2*1-3-5-9(13)11-8(2)12-7-4-6-10(12)14;1-4-2-3;1-2(3)4/h2*3,5,8H,4,6-7H2,1-2H3,(H,11,13);2H,1H3;1H3,(H,3,4)/b2*5-3-;;. The first-order valence-electron chi connectivity index (χ1n) is 11.6. The van der Waals surface area contributed by atoms with Gasteiger partial charge in [0.05, 0.1) is 7.11 Å². The van der Waals surface area contributed by atoms with Crippen LogP contribution >= 0.6 is 0 Å². The molecule has 0 radical (unpaired) electrons. The molecule has 0 aliphatic carbocycles. The van der Waals surface area contributed by atoms with Crippen LogP contribution in [0.1, 0.15) is 60.3 Å². The minimum atomic E-state index is -0.833. The highest BCUT2D eigenvalue weighted by Gasteiger charge is 2.26. The number of methoxy groups -OCH3 is 1. The van der Waals surface area contributed by atoms with E-state index in [0.717, 1.165) is 32.9 Å². The van der Waals surface area contributed by atoms with Crippen LogP contribution in [0.3, 0.4) is 0 Å². The Bertz CT molecular complexity index is 724. The van der Waals surface area contributed by atoms with Gasteiger partial charge in [-0.15, -0.1) is 0 Å². The number of amides is 4. The van der Waals surface area contributed by atoms with Gasteiger partial charge in [-0.3, -0.25) is 28.8 Å². The molecule has 0 saturated carbocycles. The van der Waals surface area contributed by atoms with Crippen LogP contribution in [0.25, 0.3) is 0 Å². The maximum atomic E-state index is 11.3. The number of carbonyl (C=O) groups is 6. The molecule has 3 N–H and O–H groups in total. The van der Waals surface area contributed by atoms with E-state index in [-0.39, 0.29) is 36.0 Å². The molecule has 2 unspecified atom stereocenters. The van der Waals surface area contributed by atoms with Crippen molar-refractivity contribution in [3.63, 3.8) is 0 Å². The molecule has 2 aliphatic rings. The van der Waals surface area contributed by atoms with Gasteiger partial charge in [0.1, 0.15) is 12.3 Å². The lowest BCUT2D eigenvalue weighted by atomic mass is 10.4. The molecule has 0 aromatic carbocycles. The molecule has 12 nitrogen and oxygen atoms in total. The number of carbonyl (C=O) groups excluding carboxylic acids is 5. The van der Waals surface area contributed by atoms with Gasteiger partial charge < -0.3 is 30.3 Å². The van der Waals surface area contributed by atoms with Crippen molar-refractivity contribution >= 4 is 36.1 Å². The van der Waals surface area contributed by atoms with Crippen molar-refractivity contribution in [2.45, 2.75) is 72.6 Å². The Hall–Kier alpha value is -3.70. The van der Waals surface area contributed by atoms with E-state index < -0.39 is 5.97 Å². The van der Waals surface area contributed by atoms with Crippen molar-refractivity contribution < 1.29 is 38.6 Å². The van der Waals surface area contributed by atoms with Crippen LogP contribution in [0, 0.1) is 0 Å². The number of allylic oxidation sites excluding steroid dienone is 2. The Kier molecular flexibility index (Phi) is 19.8. The highest BCUT2D eigenvalue weighted by molar-refractivity contribution is 5.88. The van der Waals surface area contributed by atoms with Crippen molar-refractivity contribution in [2.24, 2.45) is 0 Å². The largest absolute Gasteiger partial charge is 0.481 e. The van der Waals surface area contributed by atoms with Crippen molar-refractivity contribution in [3.8, 4) is 0 Å². The predicted molar refractivity (Wildman–Crippen MR) is 133 cm³/mol. The average molecular weight is 513 g/mol. The first-order valence-corrected chi connectivity index (χ1v) is 11.6. The summed E-state index contributed by atoms with van der Waals surface area (Å²) in [6.07, 6.45) is 8.84. The van der Waals surface area contributed by atoms with Crippen LogP contribution in [0.2, 0.25) is 0 Å². The minimum Gasteiger partial charge on any atom is -0.481 e. The molecule has 2 fully saturated rings. The first kappa shape index (κ1) is 34.5. The van der Waals surface area contributed by atoms with Gasteiger partial charge in [-0.1, -0.05) is 12.2 Å². The summed E-state index contributed by atoms with van der Waals surface area (Å²) in [5.41, 5.74) is 0. The molecule has 0 bridgehead atoms. The lowest BCUT2D eigenvalue weighted by Crippen LogP contribution is -2.46. The van der Waals surface area contributed by atoms with Crippen LogP contribution in [-0.4, -0.2) is 83.5 Å². The van der Waals surface area contributed by atoms with Gasteiger partial charge in [-0.25, -0.2) is 0 Å². The number of nitrogens with one attached hydrogen (secondary N) is 2. The Morgan fingerprint density at radius 2 is 1.19 bits per heavy atom. The van der Waals surface area contributed by atoms with Crippen LogP contribution < -0.4 is 10.6 Å². The number of rotatable bonds is 7. The van der Waals surface area contributed by atoms with E-state index in [1.165, 1.54) is 19.3 Å². The number of ether oxygens (including phenoxy) is 1. The summed E-state index contributed by atoms with van der Waals surface area (Å²) < 4.78 is 3.86. The zero-order valence-corrected chi connectivity index (χ0v) is 22.0. The number of carboxylic acids is 1. The summed E-state index contributed by atoms with van der Waals surface area (Å²) >= 11 is 0. The van der Waals surface area contributed by atoms with Gasteiger partial charge in [0.2, 0.25) is 23.6 Å². The summed E-state index contributed by atoms with van der Waals surface area (Å²) in [4.78, 5) is 66.3. The summed E-state index contributed by atoms with van der Waals surface area (Å²) in [5, 5.41) is 12.9. The van der Waals surface area contributed by atoms with E-state index in [0.29, 0.717) is 19.3 Å². The van der Waals surface area contributed by atoms with Crippen LogP contribution in [-0.2, 0) is 33.5 Å². The molecule has 12 heteroatoms. The number of nitrogens with zero attached hydrogens (tertiary/aromatic N) is 2. The molecule has 0 aromatic rings. The monoisotopic (exact) mass is 512 g/mol. The number of hydrogen-bond acceptors (Lipinski definition) is 7. The number of carboxylic acid groups (broad SMARTS) is 1. The maximum Gasteiger partial charge on any atom is 0.300 e. The van der Waals surface area contributed by atoms with Gasteiger partial charge >= 0.3 is 0 Å². The van der Waals surface area contributed by atoms with Gasteiger partial charge in [0.25, 0.3) is 12.4 Å². The Balaban J connectivity index is 0. The molecule has 2 rings (SSSR count). The number of likely N-dealkylation sites (tertiary alicyclic amines) is 2. The van der Waals surface area contributed by atoms with E-state index in [9.17, 15) is 19.2 Å². The van der Waals surface area contributed by atoms with Crippen molar-refractivity contribution in [3.05, 3.63) is 24.3 Å². The lowest BCUT2D eigenvalue weighted by Gasteiger charge is -2.24. The highest BCUT2D eigenvalue weighted by atomic mass is 16.5. The smallest absolute Gasteiger partial charge is 0.300 e. The van der Waals surface area contributed by atoms with E-state index in [4.69, 9.17) is 14.7 Å². The number of hydrogen-bond donors (Lipinski definition) is 3. The molecule has 4 amide bonds. The average Bonchev–Trinajstić information content (AvgIpc) is 3.42. The Labute approximate surface area is 212 Å². The van der Waals surface area contributed by atoms with Crippen LogP contribution in [0.15, 0.2) is 24.3 Å². The second-order valence-electron chi connectivity index (χ2n) is 7.60. The molecule has 2 saturated heterocycles. The van der Waals surface area contributed by atoms with Gasteiger partial charge in [-0.2, -0.15) is 0 Å². The number of aliphatic carboxylic acids is 1. The fourth-order valence-corrected chi connectivity index (χ4v) is 3.12. The third-order valence-electron chi connectivity index (χ3n) is 4.59. The molecular formula is C24H40N4O8. The van der Waals surface area contributed by atoms with E-state index in [1.54, 1.807) is 35.8 Å². The first-order chi connectivity index (χ1) is 16.9. The summed E-state index contributed by atoms with van der Waals surface area (Å²) in [5.74, 6) is -0.893. The fourth-order valence-electron chi connectivity index (χ4n) is 3.12. The van der Waals surface area contributed by atoms with Crippen molar-refractivity contribution in [2.75, 3.05) is 20.2 Å². The van der Waals surface area contributed by atoms with Crippen molar-refractivity contribution in [1.29, 1.82) is 0 Å². The highest BCUT2D eigenvalue weighted by Crippen LogP contribution is 2.12. The van der Waals surface area contributed by atoms with Gasteiger partial charge in [0.15, 0.2) is 0 Å². The zero-order valence-electron chi connectivity index (χ0n) is 22.0. The Morgan fingerprint density at radius 3 is 1.39 bits per heavy atom. The summed E-state index contributed by atoms with van der Waals surface area (Å²) in [7, 11) is 1.31. The predicted octanol–water partition coefficient (Wildman–Crippen LogP) is 1.17. The summed E-state index contributed by atoms with van der Waals surface area (Å²) in [6, 6.07) is 0. The molecular weight excluding hydrogens is 472 g/mol. The topological polar surface area (TPSA) is 162 Å². The van der Waals surface area contributed by atoms with Crippen LogP contribution in [0.4, 0.5) is 0 Å². The van der Waals surface area contributed by atoms with Crippen molar-refractivity contribution in [1.82, 2.24) is 20.4 Å². The molecule has 2 aliphatic heterocycles. The van der Waals surface area contributed by atoms with Gasteiger partial charge in [-0.05, 0) is 52.7 Å². The zero-order chi connectivity index (χ0) is 28.1. The van der Waals surface area contributed by atoms with Crippen LogP contribution in [0.5, 0.6) is 0 Å². The third-order valence-corrected chi connectivity index (χ3v) is 4.59. The molecule has 2 atom stereocenters. The normalized spacial score (nSPS) is 16.1. The Morgan fingerprint density at radius 1 is 0.889 bits per heavy atom. The molecule has 204 valence electrons. The third kappa shape index (κ3) is 16.8. The lowest BCUT2D eigenvalue weighted by molar-refractivity contribution is -0.135. The minimum absolute atomic E-state index is 0.123. The SMILES string of the molecule is C/C=C\C(=O)NC(C)N1CCCC1=O.C/C=C\C(=O)NC(C)N1CCCC1=O.CC(=O)O.COC=O. The molecule has 2 heterocycles. The maximum absolute atomic E-state index is 11.3. The van der Waals surface area contributed by atoms with E-state index in [1.807, 2.05) is 13.8 Å². The molecule has 0 aromatic heterocycles. The summed E-state index contributed by atoms with van der Waals surface area (Å²) in [6.45, 7) is 10.2. The second kappa shape index (κ2) is 20.7. The van der Waals surface area contributed by atoms with E-state index in [2.05, 4.69) is 15.4 Å². The quantitative estimate of drug-likeness (QED) is 0.338. The van der Waals surface area contributed by atoms with Gasteiger partial charge in [0, 0.05) is 32.9 Å². The fraction of sp³-hybridized carbons (Fsp3) is 0.583. The van der Waals surface area contributed by atoms with E-state index >= 15 is 0 Å².